The van der Waals surface area contributed by atoms with Crippen molar-refractivity contribution >= 4 is 33.7 Å². The van der Waals surface area contributed by atoms with Crippen molar-refractivity contribution in [1.82, 2.24) is 15.0 Å². The van der Waals surface area contributed by atoms with Crippen molar-refractivity contribution < 1.29 is 0 Å². The predicted molar refractivity (Wildman–Crippen MR) is 147 cm³/mol. The summed E-state index contributed by atoms with van der Waals surface area (Å²) < 4.78 is 0. The summed E-state index contributed by atoms with van der Waals surface area (Å²) in [4.78, 5) is 12.5. The molecule has 1 unspecified atom stereocenters. The molecule has 0 bridgehead atoms. The molecular weight excluding hydrogens is 430 g/mol. The van der Waals surface area contributed by atoms with Crippen molar-refractivity contribution in [2.75, 3.05) is 5.32 Å². The van der Waals surface area contributed by atoms with Crippen LogP contribution in [0.1, 0.15) is 52.0 Å². The molecule has 2 aromatic heterocycles. The second-order valence-corrected chi connectivity index (χ2v) is 9.28. The zero-order chi connectivity index (χ0) is 24.5. The number of nitrogens with zero attached hydrogens (tertiary/aromatic N) is 2. The van der Waals surface area contributed by atoms with E-state index < -0.39 is 0 Å². The maximum Gasteiger partial charge on any atom is 0.143 e. The van der Waals surface area contributed by atoms with E-state index in [2.05, 4.69) is 95.3 Å². The lowest BCUT2D eigenvalue weighted by molar-refractivity contribution is 0.810. The van der Waals surface area contributed by atoms with Crippen molar-refractivity contribution in [2.24, 2.45) is 5.73 Å². The van der Waals surface area contributed by atoms with Gasteiger partial charge in [0.15, 0.2) is 0 Å². The summed E-state index contributed by atoms with van der Waals surface area (Å²) in [6.07, 6.45) is 4.32. The molecule has 5 nitrogen and oxygen atoms in total. The molecule has 4 N–H and O–H groups in total. The summed E-state index contributed by atoms with van der Waals surface area (Å²) in [5, 5.41) is 7.05. The summed E-state index contributed by atoms with van der Waals surface area (Å²) >= 11 is 0. The monoisotopic (exact) mass is 461 g/mol. The molecule has 0 amide bonds. The van der Waals surface area contributed by atoms with Crippen LogP contribution in [-0.4, -0.2) is 15.0 Å². The number of nitrogens with one attached hydrogen (secondary N) is 2. The zero-order valence-electron chi connectivity index (χ0n) is 20.5. The van der Waals surface area contributed by atoms with Gasteiger partial charge in [0.2, 0.25) is 0 Å². The Labute approximate surface area is 206 Å². The summed E-state index contributed by atoms with van der Waals surface area (Å²) in [5.41, 5.74) is 15.3. The van der Waals surface area contributed by atoms with E-state index >= 15 is 0 Å². The number of aromatic nitrogens is 3. The lowest BCUT2D eigenvalue weighted by atomic mass is 9.90. The molecule has 0 aliphatic carbocycles. The van der Waals surface area contributed by atoms with E-state index in [1.807, 2.05) is 13.0 Å². The van der Waals surface area contributed by atoms with E-state index in [9.17, 15) is 0 Å². The highest BCUT2D eigenvalue weighted by Gasteiger charge is 2.15. The maximum atomic E-state index is 6.21. The Balaban J connectivity index is 1.41. The Morgan fingerprint density at radius 2 is 1.86 bits per heavy atom. The van der Waals surface area contributed by atoms with E-state index in [4.69, 9.17) is 5.73 Å². The number of benzene rings is 3. The van der Waals surface area contributed by atoms with E-state index in [0.29, 0.717) is 6.54 Å². The Bertz CT molecular complexity index is 1540. The van der Waals surface area contributed by atoms with Crippen LogP contribution in [-0.2, 0) is 13.0 Å². The minimum atomic E-state index is -0.0372. The molecule has 35 heavy (non-hydrogen) atoms. The third kappa shape index (κ3) is 4.43. The maximum absolute atomic E-state index is 6.21. The fourth-order valence-electron chi connectivity index (χ4n) is 4.96. The minimum absolute atomic E-state index is 0.0372. The molecule has 0 aliphatic heterocycles. The van der Waals surface area contributed by atoms with E-state index in [0.717, 1.165) is 40.1 Å². The number of nitrogens with two attached hydrogens (primary N) is 1. The van der Waals surface area contributed by atoms with Gasteiger partial charge in [-0.15, -0.1) is 0 Å². The van der Waals surface area contributed by atoms with E-state index in [1.54, 1.807) is 6.33 Å². The van der Waals surface area contributed by atoms with Gasteiger partial charge in [0, 0.05) is 24.7 Å². The van der Waals surface area contributed by atoms with Gasteiger partial charge in [0.25, 0.3) is 0 Å². The summed E-state index contributed by atoms with van der Waals surface area (Å²) in [6.45, 7) is 11.0. The Kier molecular flexibility index (Phi) is 6.10. The Hall–Kier alpha value is -3.96. The molecule has 2 heterocycles. The van der Waals surface area contributed by atoms with Crippen LogP contribution in [0.4, 0.5) is 5.82 Å². The Morgan fingerprint density at radius 3 is 2.63 bits per heavy atom. The van der Waals surface area contributed by atoms with Gasteiger partial charge in [0.1, 0.15) is 17.8 Å². The quantitative estimate of drug-likeness (QED) is 0.255. The van der Waals surface area contributed by atoms with E-state index in [1.165, 1.54) is 33.0 Å². The first-order valence-corrected chi connectivity index (χ1v) is 12.0. The van der Waals surface area contributed by atoms with E-state index in [-0.39, 0.29) is 6.04 Å². The normalized spacial score (nSPS) is 12.2. The average molecular weight is 462 g/mol. The molecule has 5 rings (SSSR count). The Morgan fingerprint density at radius 1 is 1.06 bits per heavy atom. The summed E-state index contributed by atoms with van der Waals surface area (Å²) in [5.74, 6) is 0.825. The predicted octanol–water partition coefficient (Wildman–Crippen LogP) is 6.59. The number of aromatic amines is 1. The molecule has 176 valence electrons. The van der Waals surface area contributed by atoms with Crippen molar-refractivity contribution in [3.05, 3.63) is 107 Å². The largest absolute Gasteiger partial charge is 0.365 e. The lowest BCUT2D eigenvalue weighted by Crippen LogP contribution is -2.12. The van der Waals surface area contributed by atoms with Gasteiger partial charge in [0.05, 0.1) is 5.39 Å². The number of H-pyrrole nitrogens is 1. The first-order valence-electron chi connectivity index (χ1n) is 12.0. The van der Waals surface area contributed by atoms with Crippen LogP contribution < -0.4 is 11.1 Å². The molecule has 0 saturated carbocycles. The molecule has 0 fully saturated rings. The lowest BCUT2D eigenvalue weighted by Gasteiger charge is -2.19. The first kappa shape index (κ1) is 22.8. The van der Waals surface area contributed by atoms with Crippen LogP contribution in [0, 0.1) is 13.8 Å². The van der Waals surface area contributed by atoms with Gasteiger partial charge in [-0.25, -0.2) is 9.97 Å². The van der Waals surface area contributed by atoms with Crippen molar-refractivity contribution in [3.8, 4) is 0 Å². The average Bonchev–Trinajstić information content (AvgIpc) is 3.26. The molecule has 1 atom stereocenters. The molecule has 0 saturated heterocycles. The third-order valence-corrected chi connectivity index (χ3v) is 6.83. The number of aryl methyl sites for hydroxylation is 1. The molecule has 5 heteroatoms. The highest BCUT2D eigenvalue weighted by Crippen LogP contribution is 2.29. The molecule has 0 spiro atoms. The fourth-order valence-corrected chi connectivity index (χ4v) is 4.96. The highest BCUT2D eigenvalue weighted by atomic mass is 15.0. The molecule has 3 aromatic carbocycles. The highest BCUT2D eigenvalue weighted by molar-refractivity contribution is 5.88. The topological polar surface area (TPSA) is 79.6 Å². The standard InChI is InChI=1S/C30H31N5/c1-5-25-19(3)28(18(2)12-26(25)20(4)31)16-32-29-27-15-24(35-30(27)34-17-33-29)14-21-10-11-22-8-6-7-9-23(22)13-21/h5-13,15,17,20H,1,14,16,31H2,2-4H3,(H2,32,33,34,35). The molecule has 0 aliphatic rings. The van der Waals surface area contributed by atoms with Crippen molar-refractivity contribution in [1.29, 1.82) is 0 Å². The fraction of sp³-hybridized carbons (Fsp3) is 0.200. The van der Waals surface area contributed by atoms with Gasteiger partial charge >= 0.3 is 0 Å². The van der Waals surface area contributed by atoms with Gasteiger partial charge < -0.3 is 16.0 Å². The SMILES string of the molecule is C=Cc1c(C(C)N)cc(C)c(CNc2ncnc3[nH]c(Cc4ccc5ccccc5c4)cc23)c1C. The number of hydrogen-bond acceptors (Lipinski definition) is 4. The van der Waals surface area contributed by atoms with Crippen LogP contribution in [0.2, 0.25) is 0 Å². The van der Waals surface area contributed by atoms with Gasteiger partial charge in [-0.1, -0.05) is 61.2 Å². The van der Waals surface area contributed by atoms with Gasteiger partial charge in [-0.3, -0.25) is 0 Å². The van der Waals surface area contributed by atoms with Gasteiger partial charge in [-0.2, -0.15) is 0 Å². The summed E-state index contributed by atoms with van der Waals surface area (Å²) in [6, 6.07) is 19.4. The second-order valence-electron chi connectivity index (χ2n) is 9.28. The minimum Gasteiger partial charge on any atom is -0.365 e. The number of hydrogen-bond donors (Lipinski definition) is 3. The van der Waals surface area contributed by atoms with Crippen LogP contribution >= 0.6 is 0 Å². The van der Waals surface area contributed by atoms with Gasteiger partial charge in [-0.05, 0) is 71.0 Å². The second kappa shape index (κ2) is 9.35. The molecular formula is C30H31N5. The van der Waals surface area contributed by atoms with Crippen LogP contribution in [0.15, 0.2) is 67.5 Å². The van der Waals surface area contributed by atoms with Crippen LogP contribution in [0.5, 0.6) is 0 Å². The van der Waals surface area contributed by atoms with Crippen LogP contribution in [0.25, 0.3) is 27.9 Å². The smallest absolute Gasteiger partial charge is 0.143 e. The zero-order valence-corrected chi connectivity index (χ0v) is 20.5. The van der Waals surface area contributed by atoms with Crippen molar-refractivity contribution in [2.45, 2.75) is 39.8 Å². The van der Waals surface area contributed by atoms with Crippen LogP contribution in [0.3, 0.4) is 0 Å². The number of fused-ring (bicyclic) bond motifs is 2. The van der Waals surface area contributed by atoms with Crippen molar-refractivity contribution in [3.63, 3.8) is 0 Å². The third-order valence-electron chi connectivity index (χ3n) is 6.83. The molecule has 0 radical (unpaired) electrons. The number of anilines is 1. The molecule has 5 aromatic rings. The summed E-state index contributed by atoms with van der Waals surface area (Å²) in [7, 11) is 0. The first-order chi connectivity index (χ1) is 16.9. The number of rotatable bonds is 7.